The van der Waals surface area contributed by atoms with Crippen molar-refractivity contribution < 1.29 is 9.15 Å². The number of nitrogens with zero attached hydrogens (tertiary/aromatic N) is 2. The Morgan fingerprint density at radius 2 is 1.17 bits per heavy atom. The Morgan fingerprint density at radius 3 is 2.00 bits per heavy atom. The summed E-state index contributed by atoms with van der Waals surface area (Å²) in [4.78, 5) is 2.40. The molecule has 5 heteroatoms. The van der Waals surface area contributed by atoms with Crippen molar-refractivity contribution in [1.82, 2.24) is 4.57 Å². The van der Waals surface area contributed by atoms with Gasteiger partial charge in [-0.2, -0.15) is 0 Å². The molecule has 1 unspecified atom stereocenters. The van der Waals surface area contributed by atoms with Crippen molar-refractivity contribution in [2.45, 2.75) is 6.23 Å². The maximum absolute atomic E-state index is 6.98. The minimum atomic E-state index is -0.392. The summed E-state index contributed by atoms with van der Waals surface area (Å²) in [5.74, 6) is 0.777. The van der Waals surface area contributed by atoms with Gasteiger partial charge < -0.3 is 23.9 Å². The lowest BCUT2D eigenvalue weighted by molar-refractivity contribution is 0.263. The fourth-order valence-electron chi connectivity index (χ4n) is 8.28. The molecule has 8 aromatic carbocycles. The Labute approximate surface area is 311 Å². The molecule has 0 saturated heterocycles. The van der Waals surface area contributed by atoms with Crippen LogP contribution >= 0.6 is 0 Å². The second-order valence-electron chi connectivity index (χ2n) is 13.7. The van der Waals surface area contributed by atoms with Crippen LogP contribution in [0.25, 0.3) is 60.6 Å². The van der Waals surface area contributed by atoms with Gasteiger partial charge in [-0.3, -0.25) is 0 Å². The molecule has 256 valence electrons. The second kappa shape index (κ2) is 12.2. The maximum Gasteiger partial charge on any atom is 0.196 e. The van der Waals surface area contributed by atoms with E-state index in [9.17, 15) is 0 Å². The molecule has 5 nitrogen and oxygen atoms in total. The van der Waals surface area contributed by atoms with Crippen LogP contribution < -0.4 is 15.0 Å². The normalized spacial score (nSPS) is 13.7. The predicted octanol–water partition coefficient (Wildman–Crippen LogP) is 13.3. The second-order valence-corrected chi connectivity index (χ2v) is 13.7. The molecule has 1 aliphatic rings. The molecule has 1 N–H and O–H groups in total. The minimum Gasteiger partial charge on any atom is -0.463 e. The molecule has 0 spiro atoms. The Balaban J connectivity index is 1.28. The molecule has 0 fully saturated rings. The topological polar surface area (TPSA) is 42.6 Å². The third-order valence-corrected chi connectivity index (χ3v) is 10.6. The van der Waals surface area contributed by atoms with Crippen LogP contribution in [0.5, 0.6) is 5.75 Å². The van der Waals surface area contributed by atoms with Gasteiger partial charge in [0.1, 0.15) is 16.9 Å². The van der Waals surface area contributed by atoms with Gasteiger partial charge in [0.05, 0.1) is 33.5 Å². The molecule has 10 aromatic rings. The quantitative estimate of drug-likeness (QED) is 0.188. The third kappa shape index (κ3) is 4.65. The van der Waals surface area contributed by atoms with Crippen molar-refractivity contribution in [3.63, 3.8) is 0 Å². The molecule has 2 aromatic heterocycles. The van der Waals surface area contributed by atoms with E-state index in [1.165, 1.54) is 10.8 Å². The van der Waals surface area contributed by atoms with E-state index in [4.69, 9.17) is 9.15 Å². The number of hydrogen-bond donors (Lipinski definition) is 1. The van der Waals surface area contributed by atoms with Gasteiger partial charge in [-0.1, -0.05) is 146 Å². The highest BCUT2D eigenvalue weighted by atomic mass is 16.5. The van der Waals surface area contributed by atoms with Gasteiger partial charge in [0.25, 0.3) is 0 Å². The lowest BCUT2D eigenvalue weighted by Crippen LogP contribution is -2.15. The zero-order valence-corrected chi connectivity index (χ0v) is 29.2. The van der Waals surface area contributed by atoms with Crippen LogP contribution in [0.1, 0.15) is 11.8 Å². The molecule has 11 rings (SSSR count). The molecular weight excluding hydrogens is 663 g/mol. The smallest absolute Gasteiger partial charge is 0.196 e. The van der Waals surface area contributed by atoms with Crippen molar-refractivity contribution in [2.24, 2.45) is 0 Å². The molecule has 1 atom stereocenters. The Hall–Kier alpha value is -7.24. The summed E-state index contributed by atoms with van der Waals surface area (Å²) in [6.07, 6.45) is -0.392. The van der Waals surface area contributed by atoms with Crippen LogP contribution in [0.4, 0.5) is 22.7 Å². The number of hydrogen-bond acceptors (Lipinski definition) is 4. The molecular formula is C49H33N3O2. The molecule has 0 bridgehead atoms. The minimum absolute atomic E-state index is 0.392. The van der Waals surface area contributed by atoms with E-state index in [2.05, 4.69) is 185 Å². The SMILES string of the molecule is c1ccc(-c2ccccc2N(c2cc3oc4ccccc4c3c3c2NC(c2ccccc2)O3)c2cccc3c4ccccc4n(-c4ccccc4)c23)cc1. The summed E-state index contributed by atoms with van der Waals surface area (Å²) in [5.41, 5.74) is 12.1. The number of nitrogens with one attached hydrogen (secondary N) is 1. The summed E-state index contributed by atoms with van der Waals surface area (Å²) in [6.45, 7) is 0. The first-order valence-electron chi connectivity index (χ1n) is 18.3. The highest BCUT2D eigenvalue weighted by molar-refractivity contribution is 6.17. The molecule has 0 aliphatic carbocycles. The van der Waals surface area contributed by atoms with Crippen LogP contribution in [0.3, 0.4) is 0 Å². The number of fused-ring (bicyclic) bond motifs is 8. The van der Waals surface area contributed by atoms with Gasteiger partial charge in [-0.15, -0.1) is 0 Å². The number of anilines is 4. The van der Waals surface area contributed by atoms with Crippen LogP contribution in [-0.4, -0.2) is 4.57 Å². The first kappa shape index (κ1) is 30.4. The number of ether oxygens (including phenoxy) is 1. The van der Waals surface area contributed by atoms with E-state index in [-0.39, 0.29) is 0 Å². The van der Waals surface area contributed by atoms with E-state index in [0.717, 1.165) is 83.8 Å². The zero-order valence-electron chi connectivity index (χ0n) is 29.2. The average molecular weight is 696 g/mol. The molecule has 54 heavy (non-hydrogen) atoms. The molecule has 0 saturated carbocycles. The maximum atomic E-state index is 6.98. The van der Waals surface area contributed by atoms with Gasteiger partial charge in [-0.25, -0.2) is 0 Å². The van der Waals surface area contributed by atoms with Gasteiger partial charge in [0, 0.05) is 39.0 Å². The van der Waals surface area contributed by atoms with Crippen molar-refractivity contribution in [2.75, 3.05) is 10.2 Å². The predicted molar refractivity (Wildman–Crippen MR) is 222 cm³/mol. The lowest BCUT2D eigenvalue weighted by Gasteiger charge is -2.30. The van der Waals surface area contributed by atoms with Crippen LogP contribution in [0.15, 0.2) is 192 Å². The molecule has 1 aliphatic heterocycles. The van der Waals surface area contributed by atoms with Crippen LogP contribution in [-0.2, 0) is 0 Å². The van der Waals surface area contributed by atoms with Crippen LogP contribution in [0.2, 0.25) is 0 Å². The van der Waals surface area contributed by atoms with Crippen molar-refractivity contribution in [1.29, 1.82) is 0 Å². The number of benzene rings is 8. The largest absolute Gasteiger partial charge is 0.463 e. The Morgan fingerprint density at radius 1 is 0.519 bits per heavy atom. The van der Waals surface area contributed by atoms with Gasteiger partial charge in [0.15, 0.2) is 12.0 Å². The number of aromatic nitrogens is 1. The highest BCUT2D eigenvalue weighted by Gasteiger charge is 2.34. The highest BCUT2D eigenvalue weighted by Crippen LogP contribution is 2.56. The van der Waals surface area contributed by atoms with Crippen molar-refractivity contribution in [3.05, 3.63) is 194 Å². The lowest BCUT2D eigenvalue weighted by atomic mass is 10.0. The molecule has 0 radical (unpaired) electrons. The Kier molecular flexibility index (Phi) is 6.85. The van der Waals surface area contributed by atoms with E-state index in [0.29, 0.717) is 0 Å². The van der Waals surface area contributed by atoms with Crippen molar-refractivity contribution >= 4 is 66.5 Å². The van der Waals surface area contributed by atoms with Crippen molar-refractivity contribution in [3.8, 4) is 22.6 Å². The average Bonchev–Trinajstić information content (AvgIpc) is 3.95. The first-order valence-corrected chi connectivity index (χ1v) is 18.3. The van der Waals surface area contributed by atoms with E-state index in [1.807, 2.05) is 18.2 Å². The number of furan rings is 1. The van der Waals surface area contributed by atoms with Gasteiger partial charge >= 0.3 is 0 Å². The molecule has 0 amide bonds. The fourth-order valence-corrected chi connectivity index (χ4v) is 8.28. The Bertz CT molecular complexity index is 3000. The zero-order chi connectivity index (χ0) is 35.6. The summed E-state index contributed by atoms with van der Waals surface area (Å²) < 4.78 is 16.1. The van der Waals surface area contributed by atoms with E-state index >= 15 is 0 Å². The van der Waals surface area contributed by atoms with Gasteiger partial charge in [-0.05, 0) is 42.0 Å². The van der Waals surface area contributed by atoms with Crippen LogP contribution in [0, 0.1) is 0 Å². The number of para-hydroxylation sites is 5. The first-order chi connectivity index (χ1) is 26.8. The molecule has 3 heterocycles. The van der Waals surface area contributed by atoms with Gasteiger partial charge in [0.2, 0.25) is 0 Å². The van der Waals surface area contributed by atoms with E-state index in [1.54, 1.807) is 0 Å². The summed E-state index contributed by atoms with van der Waals surface area (Å²) >= 11 is 0. The summed E-state index contributed by atoms with van der Waals surface area (Å²) in [5, 5.41) is 8.20. The fraction of sp³-hybridized carbons (Fsp3) is 0.0204. The standard InChI is InChI=1S/C49H33N3O2/c1-4-17-32(18-5-1)35-23-10-13-27-39(35)52(41-29-16-26-37-36-24-11-14-28-40(36)51(47(37)41)34-21-8-3-9-22-34)42-31-44-45(38-25-12-15-30-43(38)53-44)48-46(42)50-49(54-48)33-19-6-2-7-20-33/h1-31,49-50H. The third-order valence-electron chi connectivity index (χ3n) is 10.6. The van der Waals surface area contributed by atoms with E-state index < -0.39 is 6.23 Å². The monoisotopic (exact) mass is 695 g/mol. The summed E-state index contributed by atoms with van der Waals surface area (Å²) in [7, 11) is 0. The summed E-state index contributed by atoms with van der Waals surface area (Å²) in [6, 6.07) is 66.0. The number of rotatable bonds is 6.